The van der Waals surface area contributed by atoms with E-state index in [9.17, 15) is 0 Å². The summed E-state index contributed by atoms with van der Waals surface area (Å²) in [6, 6.07) is 10.3. The van der Waals surface area contributed by atoms with Gasteiger partial charge in [0, 0.05) is 0 Å². The Morgan fingerprint density at radius 1 is 1.22 bits per heavy atom. The molecule has 0 saturated carbocycles. The third-order valence-corrected chi connectivity index (χ3v) is 2.89. The van der Waals surface area contributed by atoms with Crippen LogP contribution in [0.15, 0.2) is 30.3 Å². The third-order valence-electron chi connectivity index (χ3n) is 1.05. The van der Waals surface area contributed by atoms with Crippen molar-refractivity contribution in [3.63, 3.8) is 0 Å². The SMILES string of the molecule is Cl[I-]Cc1ccccc1. The molecule has 50 valence electrons. The molecule has 0 aliphatic carbocycles. The Hall–Kier alpha value is 0.240. The van der Waals surface area contributed by atoms with Crippen molar-refractivity contribution < 1.29 is 20.1 Å². The van der Waals surface area contributed by atoms with Gasteiger partial charge in [-0.05, 0) is 0 Å². The van der Waals surface area contributed by atoms with E-state index in [2.05, 4.69) is 12.1 Å². The summed E-state index contributed by atoms with van der Waals surface area (Å²) in [6.07, 6.45) is 0. The predicted octanol–water partition coefficient (Wildman–Crippen LogP) is -0.571. The standard InChI is InChI=1S/C7H7ClI/c8-9-6-7-4-2-1-3-5-7/h1-5H,6H2/q-1. The molecule has 0 radical (unpaired) electrons. The van der Waals surface area contributed by atoms with E-state index in [0.717, 1.165) is 4.43 Å². The van der Waals surface area contributed by atoms with Crippen LogP contribution in [0.1, 0.15) is 5.56 Å². The number of rotatable bonds is 2. The van der Waals surface area contributed by atoms with Crippen LogP contribution in [0.2, 0.25) is 0 Å². The van der Waals surface area contributed by atoms with Crippen molar-refractivity contribution in [2.75, 3.05) is 0 Å². The summed E-state index contributed by atoms with van der Waals surface area (Å²) in [7, 11) is 5.65. The molecule has 2 heteroatoms. The zero-order valence-corrected chi connectivity index (χ0v) is 7.76. The van der Waals surface area contributed by atoms with Crippen molar-refractivity contribution >= 4 is 8.91 Å². The Morgan fingerprint density at radius 2 is 1.89 bits per heavy atom. The van der Waals surface area contributed by atoms with Gasteiger partial charge in [-0.1, -0.05) is 0 Å². The summed E-state index contributed by atoms with van der Waals surface area (Å²) in [5.41, 5.74) is 1.36. The van der Waals surface area contributed by atoms with Crippen molar-refractivity contribution in [2.24, 2.45) is 0 Å². The Balaban J connectivity index is 2.61. The van der Waals surface area contributed by atoms with Gasteiger partial charge in [0.1, 0.15) is 0 Å². The van der Waals surface area contributed by atoms with Gasteiger partial charge in [-0.2, -0.15) is 0 Å². The number of hydrogen-bond donors (Lipinski definition) is 0. The van der Waals surface area contributed by atoms with Gasteiger partial charge in [0.2, 0.25) is 0 Å². The molecule has 0 amide bonds. The Kier molecular flexibility index (Phi) is 3.36. The molecule has 0 unspecified atom stereocenters. The monoisotopic (exact) mass is 253 g/mol. The minimum atomic E-state index is -0.0990. The average Bonchev–Trinajstić information content (AvgIpc) is 1.91. The fourth-order valence-corrected chi connectivity index (χ4v) is 2.25. The van der Waals surface area contributed by atoms with Crippen LogP contribution in [0.3, 0.4) is 0 Å². The minimum absolute atomic E-state index is 0.0990. The number of benzene rings is 1. The zero-order valence-electron chi connectivity index (χ0n) is 4.85. The normalized spacial score (nSPS) is 9.89. The molecule has 0 aliphatic rings. The maximum atomic E-state index is 5.65. The first-order valence-corrected chi connectivity index (χ1v) is 6.93. The summed E-state index contributed by atoms with van der Waals surface area (Å²) in [4.78, 5) is 0. The average molecular weight is 253 g/mol. The molecular weight excluding hydrogens is 246 g/mol. The quantitative estimate of drug-likeness (QED) is 0.489. The summed E-state index contributed by atoms with van der Waals surface area (Å²) < 4.78 is 1.08. The molecule has 0 atom stereocenters. The molecule has 9 heavy (non-hydrogen) atoms. The topological polar surface area (TPSA) is 0 Å². The van der Waals surface area contributed by atoms with Gasteiger partial charge in [0.05, 0.1) is 0 Å². The van der Waals surface area contributed by atoms with E-state index in [1.54, 1.807) is 0 Å². The molecule has 1 rings (SSSR count). The first-order chi connectivity index (χ1) is 4.43. The van der Waals surface area contributed by atoms with Crippen molar-refractivity contribution in [1.82, 2.24) is 0 Å². The Bertz CT molecular complexity index is 162. The van der Waals surface area contributed by atoms with E-state index < -0.39 is 0 Å². The molecular formula is C7H7ClI-. The van der Waals surface area contributed by atoms with Crippen LogP contribution >= 0.6 is 8.91 Å². The fourth-order valence-electron chi connectivity index (χ4n) is 0.625. The molecule has 0 heterocycles. The first kappa shape index (κ1) is 7.35. The van der Waals surface area contributed by atoms with E-state index in [4.69, 9.17) is 8.91 Å². The van der Waals surface area contributed by atoms with Crippen LogP contribution < -0.4 is 20.1 Å². The molecule has 1 aromatic carbocycles. The van der Waals surface area contributed by atoms with Gasteiger partial charge in [0.15, 0.2) is 0 Å². The Labute approximate surface area is 69.2 Å². The van der Waals surface area contributed by atoms with Crippen LogP contribution in [-0.4, -0.2) is 0 Å². The van der Waals surface area contributed by atoms with E-state index >= 15 is 0 Å². The first-order valence-electron chi connectivity index (χ1n) is 2.67. The number of alkyl halides is 1. The molecule has 0 saturated heterocycles. The summed E-state index contributed by atoms with van der Waals surface area (Å²) in [5.74, 6) is 0. The van der Waals surface area contributed by atoms with Crippen molar-refractivity contribution in [2.45, 2.75) is 4.43 Å². The fraction of sp³-hybridized carbons (Fsp3) is 0.143. The molecule has 0 fully saturated rings. The van der Waals surface area contributed by atoms with E-state index in [0.29, 0.717) is 0 Å². The van der Waals surface area contributed by atoms with Crippen molar-refractivity contribution in [1.29, 1.82) is 0 Å². The van der Waals surface area contributed by atoms with Crippen LogP contribution in [0.5, 0.6) is 0 Å². The van der Waals surface area contributed by atoms with Crippen LogP contribution in [0.25, 0.3) is 0 Å². The number of halogens is 2. The van der Waals surface area contributed by atoms with Gasteiger partial charge in [0.25, 0.3) is 0 Å². The Morgan fingerprint density at radius 3 is 2.44 bits per heavy atom. The maximum absolute atomic E-state index is 5.65. The van der Waals surface area contributed by atoms with Gasteiger partial charge in [-0.3, -0.25) is 0 Å². The van der Waals surface area contributed by atoms with Gasteiger partial charge < -0.3 is 0 Å². The molecule has 1 aromatic rings. The third kappa shape index (κ3) is 2.54. The molecule has 0 spiro atoms. The summed E-state index contributed by atoms with van der Waals surface area (Å²) in [5, 5.41) is 0. The molecule has 0 aromatic heterocycles. The molecule has 0 aliphatic heterocycles. The summed E-state index contributed by atoms with van der Waals surface area (Å²) in [6.45, 7) is 0. The van der Waals surface area contributed by atoms with E-state index in [1.807, 2.05) is 18.2 Å². The predicted molar refractivity (Wildman–Crippen MR) is 36.0 cm³/mol. The van der Waals surface area contributed by atoms with Crippen LogP contribution in [-0.2, 0) is 4.43 Å². The second-order valence-electron chi connectivity index (χ2n) is 1.72. The van der Waals surface area contributed by atoms with Crippen LogP contribution in [0, 0.1) is 0 Å². The second kappa shape index (κ2) is 4.12. The molecule has 0 nitrogen and oxygen atoms in total. The van der Waals surface area contributed by atoms with Gasteiger partial charge in [-0.25, -0.2) is 0 Å². The number of hydrogen-bond acceptors (Lipinski definition) is 0. The molecule has 0 bridgehead atoms. The zero-order chi connectivity index (χ0) is 6.53. The van der Waals surface area contributed by atoms with Gasteiger partial charge in [-0.15, -0.1) is 0 Å². The van der Waals surface area contributed by atoms with Crippen LogP contribution in [0.4, 0.5) is 0 Å². The van der Waals surface area contributed by atoms with E-state index in [1.165, 1.54) is 5.56 Å². The molecule has 0 N–H and O–H groups in total. The van der Waals surface area contributed by atoms with Crippen molar-refractivity contribution in [3.05, 3.63) is 35.9 Å². The van der Waals surface area contributed by atoms with Gasteiger partial charge >= 0.3 is 69.3 Å². The van der Waals surface area contributed by atoms with Crippen molar-refractivity contribution in [3.8, 4) is 0 Å². The summed E-state index contributed by atoms with van der Waals surface area (Å²) >= 11 is -0.0990. The second-order valence-corrected chi connectivity index (χ2v) is 4.41. The van der Waals surface area contributed by atoms with E-state index in [-0.39, 0.29) is 20.1 Å².